The van der Waals surface area contributed by atoms with Crippen LogP contribution in [0.2, 0.25) is 0 Å². The van der Waals surface area contributed by atoms with Crippen LogP contribution in [-0.4, -0.2) is 108 Å². The maximum absolute atomic E-state index is 5.92. The van der Waals surface area contributed by atoms with Crippen molar-refractivity contribution in [1.82, 2.24) is 15.0 Å². The average molecular weight is 603 g/mol. The van der Waals surface area contributed by atoms with E-state index in [9.17, 15) is 0 Å². The smallest absolute Gasteiger partial charge is 0.233 e. The van der Waals surface area contributed by atoms with Crippen molar-refractivity contribution in [1.29, 1.82) is 0 Å². The Labute approximate surface area is 252 Å². The molecule has 43 heavy (non-hydrogen) atoms. The van der Waals surface area contributed by atoms with E-state index in [2.05, 4.69) is 25.6 Å². The summed E-state index contributed by atoms with van der Waals surface area (Å²) in [6.07, 6.45) is 0. The predicted octanol–water partition coefficient (Wildman–Crippen LogP) is 3.06. The monoisotopic (exact) mass is 602 g/mol. The highest BCUT2D eigenvalue weighted by Gasteiger charge is 2.07. The summed E-state index contributed by atoms with van der Waals surface area (Å²) < 4.78 is 42.9. The van der Waals surface area contributed by atoms with Crippen molar-refractivity contribution in [2.24, 2.45) is 0 Å². The number of methoxy groups -OCH3 is 2. The second-order valence-corrected chi connectivity index (χ2v) is 8.77. The first-order chi connectivity index (χ1) is 21.2. The third-order valence-corrected chi connectivity index (χ3v) is 5.47. The van der Waals surface area contributed by atoms with E-state index in [4.69, 9.17) is 43.6 Å². The molecule has 3 rings (SSSR count). The second kappa shape index (κ2) is 21.0. The van der Waals surface area contributed by atoms with Gasteiger partial charge in [0.1, 0.15) is 24.7 Å². The zero-order valence-corrected chi connectivity index (χ0v) is 24.8. The quantitative estimate of drug-likeness (QED) is 0.128. The molecule has 0 amide bonds. The van der Waals surface area contributed by atoms with E-state index in [1.807, 2.05) is 48.5 Å². The molecule has 2 aromatic carbocycles. The third-order valence-electron chi connectivity index (χ3n) is 5.47. The van der Waals surface area contributed by atoms with Gasteiger partial charge in [-0.15, -0.1) is 0 Å². The summed E-state index contributed by atoms with van der Waals surface area (Å²) in [5.74, 6) is 2.10. The first-order valence-electron chi connectivity index (χ1n) is 14.0. The highest BCUT2D eigenvalue weighted by Crippen LogP contribution is 2.22. The van der Waals surface area contributed by atoms with E-state index < -0.39 is 0 Å². The summed E-state index contributed by atoms with van der Waals surface area (Å²) in [6.45, 7) is 6.09. The first kappa shape index (κ1) is 33.7. The Morgan fingerprint density at radius 2 is 0.837 bits per heavy atom. The van der Waals surface area contributed by atoms with Gasteiger partial charge >= 0.3 is 0 Å². The molecule has 0 saturated carbocycles. The summed E-state index contributed by atoms with van der Waals surface area (Å²) in [6, 6.07) is 14.8. The highest BCUT2D eigenvalue weighted by molar-refractivity contribution is 5.59. The van der Waals surface area contributed by atoms with Crippen molar-refractivity contribution in [2.45, 2.75) is 0 Å². The minimum absolute atomic E-state index is 0.0769. The molecule has 236 valence electrons. The number of nitrogens with zero attached hydrogens (tertiary/aromatic N) is 3. The van der Waals surface area contributed by atoms with Crippen molar-refractivity contribution >= 4 is 29.2 Å². The van der Waals surface area contributed by atoms with E-state index in [1.54, 1.807) is 14.2 Å². The van der Waals surface area contributed by atoms with Gasteiger partial charge in [-0.2, -0.15) is 15.0 Å². The molecular formula is C29H42N6O8. The fraction of sp³-hybridized carbons (Fsp3) is 0.483. The lowest BCUT2D eigenvalue weighted by atomic mass is 10.3. The van der Waals surface area contributed by atoms with E-state index in [-0.39, 0.29) is 5.95 Å². The zero-order valence-electron chi connectivity index (χ0n) is 24.8. The Hall–Kier alpha value is -3.79. The maximum Gasteiger partial charge on any atom is 0.233 e. The lowest BCUT2D eigenvalue weighted by molar-refractivity contribution is 0.0180. The standard InChI is InChI=1S/C29H42N6O8/c1-36-11-13-38-15-17-40-19-21-42-25-7-3-23(4-8-25)31-28-33-27(30)34-29(35-28)32-24-5-9-26(10-6-24)43-22-20-41-18-16-39-14-12-37-2/h3-10H,11-22H2,1-2H3,(H4,30,31,32,33,34,35). The number of nitrogens with two attached hydrogens (primary N) is 1. The number of hydrogen-bond acceptors (Lipinski definition) is 14. The molecular weight excluding hydrogens is 560 g/mol. The number of hydrogen-bond donors (Lipinski definition) is 3. The number of nitrogen functional groups attached to an aromatic ring is 1. The van der Waals surface area contributed by atoms with Crippen LogP contribution in [0.5, 0.6) is 11.5 Å². The van der Waals surface area contributed by atoms with Gasteiger partial charge in [0.05, 0.1) is 66.1 Å². The van der Waals surface area contributed by atoms with E-state index >= 15 is 0 Å². The lowest BCUT2D eigenvalue weighted by Gasteiger charge is -2.11. The van der Waals surface area contributed by atoms with Gasteiger partial charge in [0.25, 0.3) is 0 Å². The largest absolute Gasteiger partial charge is 0.491 e. The van der Waals surface area contributed by atoms with Crippen LogP contribution < -0.4 is 25.8 Å². The Balaban J connectivity index is 1.36. The molecule has 14 heteroatoms. The molecule has 3 aromatic rings. The van der Waals surface area contributed by atoms with E-state index in [1.165, 1.54) is 0 Å². The molecule has 0 saturated heterocycles. The molecule has 0 bridgehead atoms. The Kier molecular flexibility index (Phi) is 16.5. The first-order valence-corrected chi connectivity index (χ1v) is 14.0. The fourth-order valence-electron chi connectivity index (χ4n) is 3.40. The van der Waals surface area contributed by atoms with Crippen LogP contribution in [0.1, 0.15) is 0 Å². The average Bonchev–Trinajstić information content (AvgIpc) is 3.01. The second-order valence-electron chi connectivity index (χ2n) is 8.77. The van der Waals surface area contributed by atoms with Crippen molar-refractivity contribution in [2.75, 3.05) is 110 Å². The Bertz CT molecular complexity index is 1060. The number of aromatic nitrogens is 3. The highest BCUT2D eigenvalue weighted by atomic mass is 16.6. The van der Waals surface area contributed by atoms with Gasteiger partial charge in [-0.05, 0) is 48.5 Å². The lowest BCUT2D eigenvalue weighted by Crippen LogP contribution is -2.12. The van der Waals surface area contributed by atoms with Crippen LogP contribution in [0.15, 0.2) is 48.5 Å². The summed E-state index contributed by atoms with van der Waals surface area (Å²) >= 11 is 0. The minimum atomic E-state index is 0.0769. The summed E-state index contributed by atoms with van der Waals surface area (Å²) in [7, 11) is 3.28. The van der Waals surface area contributed by atoms with Gasteiger partial charge in [0, 0.05) is 25.6 Å². The molecule has 4 N–H and O–H groups in total. The number of rotatable bonds is 24. The topological polar surface area (TPSA) is 163 Å². The number of benzene rings is 2. The minimum Gasteiger partial charge on any atom is -0.491 e. The normalized spacial score (nSPS) is 10.9. The number of ether oxygens (including phenoxy) is 8. The van der Waals surface area contributed by atoms with Crippen molar-refractivity contribution in [3.8, 4) is 11.5 Å². The van der Waals surface area contributed by atoms with Crippen molar-refractivity contribution in [3.05, 3.63) is 48.5 Å². The van der Waals surface area contributed by atoms with Crippen molar-refractivity contribution < 1.29 is 37.9 Å². The van der Waals surface area contributed by atoms with Crippen LogP contribution in [0.3, 0.4) is 0 Å². The van der Waals surface area contributed by atoms with Gasteiger partial charge < -0.3 is 54.3 Å². The molecule has 0 radical (unpaired) electrons. The maximum atomic E-state index is 5.92. The number of nitrogens with one attached hydrogen (secondary N) is 2. The third kappa shape index (κ3) is 14.8. The van der Waals surface area contributed by atoms with Crippen LogP contribution in [0.25, 0.3) is 0 Å². The van der Waals surface area contributed by atoms with E-state index in [0.717, 1.165) is 11.4 Å². The molecule has 0 aliphatic rings. The molecule has 0 fully saturated rings. The van der Waals surface area contributed by atoms with E-state index in [0.29, 0.717) is 103 Å². The molecule has 0 aliphatic heterocycles. The Morgan fingerprint density at radius 3 is 1.21 bits per heavy atom. The van der Waals surface area contributed by atoms with Crippen LogP contribution in [-0.2, 0) is 28.4 Å². The van der Waals surface area contributed by atoms with Crippen LogP contribution in [0.4, 0.5) is 29.2 Å². The Morgan fingerprint density at radius 1 is 0.488 bits per heavy atom. The van der Waals surface area contributed by atoms with Crippen molar-refractivity contribution in [3.63, 3.8) is 0 Å². The summed E-state index contributed by atoms with van der Waals surface area (Å²) in [5.41, 5.74) is 7.44. The molecule has 0 aliphatic carbocycles. The summed E-state index contributed by atoms with van der Waals surface area (Å²) in [5, 5.41) is 6.26. The van der Waals surface area contributed by atoms with Gasteiger partial charge in [0.2, 0.25) is 17.8 Å². The van der Waals surface area contributed by atoms with Gasteiger partial charge in [-0.25, -0.2) is 0 Å². The SMILES string of the molecule is COCCOCCOCCOc1ccc(Nc2nc(N)nc(Nc3ccc(OCCOCCOCCOC)cc3)n2)cc1. The van der Waals surface area contributed by atoms with Crippen LogP contribution >= 0.6 is 0 Å². The van der Waals surface area contributed by atoms with Crippen LogP contribution in [0, 0.1) is 0 Å². The molecule has 14 nitrogen and oxygen atoms in total. The molecule has 0 atom stereocenters. The fourth-order valence-corrected chi connectivity index (χ4v) is 3.40. The molecule has 0 unspecified atom stereocenters. The molecule has 1 heterocycles. The van der Waals surface area contributed by atoms with Gasteiger partial charge in [-0.1, -0.05) is 0 Å². The summed E-state index contributed by atoms with van der Waals surface area (Å²) in [4.78, 5) is 12.8. The molecule has 1 aromatic heterocycles. The van der Waals surface area contributed by atoms with Gasteiger partial charge in [-0.3, -0.25) is 0 Å². The predicted molar refractivity (Wildman–Crippen MR) is 162 cm³/mol. The zero-order chi connectivity index (χ0) is 30.4. The molecule has 0 spiro atoms. The number of anilines is 5. The van der Waals surface area contributed by atoms with Gasteiger partial charge in [0.15, 0.2) is 0 Å².